The Morgan fingerprint density at radius 1 is 0.778 bits per heavy atom. The van der Waals surface area contributed by atoms with E-state index in [-0.39, 0.29) is 41.1 Å². The normalized spacial score (nSPS) is 22.5. The summed E-state index contributed by atoms with van der Waals surface area (Å²) in [6.07, 6.45) is 5.34. The Bertz CT molecular complexity index is 1060. The summed E-state index contributed by atoms with van der Waals surface area (Å²) in [5, 5.41) is 6.37. The Morgan fingerprint density at radius 3 is 2.06 bits per heavy atom. The average Bonchev–Trinajstić information content (AvgIpc) is 2.89. The molecule has 2 aromatic carbocycles. The molecule has 0 spiro atoms. The van der Waals surface area contributed by atoms with Crippen molar-refractivity contribution in [1.82, 2.24) is 15.5 Å². The third-order valence-electron chi connectivity index (χ3n) is 7.52. The summed E-state index contributed by atoms with van der Waals surface area (Å²) >= 11 is 0. The van der Waals surface area contributed by atoms with Gasteiger partial charge in [-0.3, -0.25) is 14.4 Å². The van der Waals surface area contributed by atoms with Crippen LogP contribution in [0.2, 0.25) is 0 Å². The van der Waals surface area contributed by atoms with Crippen LogP contribution in [0.3, 0.4) is 0 Å². The molecule has 2 aromatic rings. The zero-order valence-electron chi connectivity index (χ0n) is 21.8. The molecular weight excluding hydrogens is 450 g/mol. The Balaban J connectivity index is 1.36. The molecule has 1 aliphatic carbocycles. The molecule has 1 aliphatic heterocycles. The summed E-state index contributed by atoms with van der Waals surface area (Å²) in [7, 11) is 0. The molecule has 1 saturated heterocycles. The summed E-state index contributed by atoms with van der Waals surface area (Å²) in [5.41, 5.74) is 2.52. The second-order valence-corrected chi connectivity index (χ2v) is 11.3. The molecule has 4 rings (SSSR count). The number of nitrogens with zero attached hydrogens (tertiary/aromatic N) is 1. The van der Waals surface area contributed by atoms with Crippen LogP contribution in [-0.2, 0) is 10.2 Å². The first kappa shape index (κ1) is 25.9. The highest BCUT2D eigenvalue weighted by molar-refractivity contribution is 5.95. The molecule has 192 valence electrons. The van der Waals surface area contributed by atoms with Crippen molar-refractivity contribution in [3.63, 3.8) is 0 Å². The van der Waals surface area contributed by atoms with Gasteiger partial charge in [0.15, 0.2) is 0 Å². The highest BCUT2D eigenvalue weighted by atomic mass is 16.2. The molecule has 0 bridgehead atoms. The van der Waals surface area contributed by atoms with Gasteiger partial charge in [0, 0.05) is 36.3 Å². The fourth-order valence-electron chi connectivity index (χ4n) is 5.29. The molecule has 2 aliphatic rings. The topological polar surface area (TPSA) is 78.5 Å². The van der Waals surface area contributed by atoms with E-state index in [9.17, 15) is 14.4 Å². The van der Waals surface area contributed by atoms with E-state index in [1.807, 2.05) is 47.4 Å². The molecule has 3 atom stereocenters. The summed E-state index contributed by atoms with van der Waals surface area (Å²) < 4.78 is 0. The van der Waals surface area contributed by atoms with Crippen molar-refractivity contribution in [2.75, 3.05) is 13.1 Å². The number of rotatable bonds is 5. The van der Waals surface area contributed by atoms with E-state index in [1.165, 1.54) is 5.56 Å². The van der Waals surface area contributed by atoms with Gasteiger partial charge >= 0.3 is 0 Å². The zero-order valence-corrected chi connectivity index (χ0v) is 21.8. The summed E-state index contributed by atoms with van der Waals surface area (Å²) in [6.45, 7) is 7.56. The van der Waals surface area contributed by atoms with Gasteiger partial charge < -0.3 is 15.5 Å². The summed E-state index contributed by atoms with van der Waals surface area (Å²) in [6, 6.07) is 16.9. The van der Waals surface area contributed by atoms with E-state index < -0.39 is 0 Å². The molecular formula is C30H39N3O3. The number of hydrogen-bond acceptors (Lipinski definition) is 3. The fraction of sp³-hybridized carbons (Fsp3) is 0.500. The molecule has 0 aromatic heterocycles. The Morgan fingerprint density at radius 2 is 1.42 bits per heavy atom. The number of benzene rings is 2. The highest BCUT2D eigenvalue weighted by Crippen LogP contribution is 2.25. The van der Waals surface area contributed by atoms with Gasteiger partial charge in [0.25, 0.3) is 11.8 Å². The van der Waals surface area contributed by atoms with Crippen LogP contribution in [0, 0.1) is 5.92 Å². The van der Waals surface area contributed by atoms with Crippen molar-refractivity contribution in [2.24, 2.45) is 5.92 Å². The van der Waals surface area contributed by atoms with Crippen LogP contribution in [0.15, 0.2) is 54.6 Å². The predicted octanol–water partition coefficient (Wildman–Crippen LogP) is 4.69. The van der Waals surface area contributed by atoms with Crippen molar-refractivity contribution in [3.05, 3.63) is 71.3 Å². The van der Waals surface area contributed by atoms with E-state index in [2.05, 4.69) is 31.4 Å². The first-order chi connectivity index (χ1) is 17.2. The smallest absolute Gasteiger partial charge is 0.253 e. The van der Waals surface area contributed by atoms with Crippen LogP contribution in [0.5, 0.6) is 0 Å². The minimum Gasteiger partial charge on any atom is -0.351 e. The van der Waals surface area contributed by atoms with Crippen LogP contribution in [-0.4, -0.2) is 47.8 Å². The van der Waals surface area contributed by atoms with E-state index in [4.69, 9.17) is 0 Å². The van der Waals surface area contributed by atoms with Gasteiger partial charge in [0.1, 0.15) is 0 Å². The highest BCUT2D eigenvalue weighted by Gasteiger charge is 2.33. The third kappa shape index (κ3) is 6.34. The lowest BCUT2D eigenvalue weighted by Gasteiger charge is -2.36. The minimum absolute atomic E-state index is 0.0126. The van der Waals surface area contributed by atoms with Crippen LogP contribution in [0.25, 0.3) is 0 Å². The molecule has 2 N–H and O–H groups in total. The zero-order chi connectivity index (χ0) is 25.7. The lowest BCUT2D eigenvalue weighted by Crippen LogP contribution is -2.55. The average molecular weight is 490 g/mol. The number of likely N-dealkylation sites (tertiary alicyclic amines) is 1. The first-order valence-electron chi connectivity index (χ1n) is 13.3. The molecule has 36 heavy (non-hydrogen) atoms. The molecule has 2 fully saturated rings. The molecule has 1 heterocycles. The number of carbonyl (C=O) groups is 3. The minimum atomic E-state index is -0.232. The third-order valence-corrected chi connectivity index (χ3v) is 7.52. The number of nitrogens with one attached hydrogen (secondary N) is 2. The first-order valence-corrected chi connectivity index (χ1v) is 13.3. The van der Waals surface area contributed by atoms with Crippen molar-refractivity contribution >= 4 is 17.7 Å². The molecule has 2 unspecified atom stereocenters. The van der Waals surface area contributed by atoms with Gasteiger partial charge in [0.05, 0.1) is 5.92 Å². The predicted molar refractivity (Wildman–Crippen MR) is 142 cm³/mol. The van der Waals surface area contributed by atoms with E-state index in [0.717, 1.165) is 38.5 Å². The SMILES string of the molecule is CC(C)(C)c1ccc(C(=O)N2CCCC(C(=O)NC3CCCC[C@H]3NC(=O)c3ccccc3)C2)cc1. The van der Waals surface area contributed by atoms with Gasteiger partial charge in [-0.05, 0) is 60.9 Å². The fourth-order valence-corrected chi connectivity index (χ4v) is 5.29. The van der Waals surface area contributed by atoms with Crippen molar-refractivity contribution in [3.8, 4) is 0 Å². The Labute approximate surface area is 214 Å². The number of piperidine rings is 1. The monoisotopic (exact) mass is 489 g/mol. The number of carbonyl (C=O) groups excluding carboxylic acids is 3. The molecule has 3 amide bonds. The van der Waals surface area contributed by atoms with Crippen LogP contribution >= 0.6 is 0 Å². The lowest BCUT2D eigenvalue weighted by molar-refractivity contribution is -0.127. The standard InChI is InChI=1S/C30H39N3O3/c1-30(2,3)24-17-15-22(16-18-24)29(36)33-19-9-12-23(20-33)28(35)32-26-14-8-7-13-25(26)31-27(34)21-10-5-4-6-11-21/h4-6,10-11,15-18,23,25-26H,7-9,12-14,19-20H2,1-3H3,(H,31,34)(H,32,35)/t23?,25-,26?/m1/s1. The van der Waals surface area contributed by atoms with Gasteiger partial charge in [-0.2, -0.15) is 0 Å². The van der Waals surface area contributed by atoms with Crippen molar-refractivity contribution in [1.29, 1.82) is 0 Å². The Kier molecular flexibility index (Phi) is 8.12. The van der Waals surface area contributed by atoms with E-state index in [0.29, 0.717) is 24.2 Å². The van der Waals surface area contributed by atoms with Gasteiger partial charge in [-0.25, -0.2) is 0 Å². The maximum Gasteiger partial charge on any atom is 0.253 e. The maximum atomic E-state index is 13.3. The van der Waals surface area contributed by atoms with Crippen LogP contribution in [0.1, 0.15) is 85.6 Å². The quantitative estimate of drug-likeness (QED) is 0.639. The molecule has 6 nitrogen and oxygen atoms in total. The van der Waals surface area contributed by atoms with Crippen LogP contribution in [0.4, 0.5) is 0 Å². The van der Waals surface area contributed by atoms with Gasteiger partial charge in [0.2, 0.25) is 5.91 Å². The lowest BCUT2D eigenvalue weighted by atomic mass is 9.86. The molecule has 1 saturated carbocycles. The van der Waals surface area contributed by atoms with Gasteiger partial charge in [-0.15, -0.1) is 0 Å². The second-order valence-electron chi connectivity index (χ2n) is 11.3. The van der Waals surface area contributed by atoms with E-state index in [1.54, 1.807) is 12.1 Å². The number of amides is 3. The van der Waals surface area contributed by atoms with Crippen molar-refractivity contribution in [2.45, 2.75) is 76.8 Å². The van der Waals surface area contributed by atoms with Crippen LogP contribution < -0.4 is 10.6 Å². The van der Waals surface area contributed by atoms with Crippen molar-refractivity contribution < 1.29 is 14.4 Å². The second kappa shape index (κ2) is 11.3. The summed E-state index contributed by atoms with van der Waals surface area (Å²) in [4.78, 5) is 41.0. The summed E-state index contributed by atoms with van der Waals surface area (Å²) in [5.74, 6) is -0.363. The van der Waals surface area contributed by atoms with Gasteiger partial charge in [-0.1, -0.05) is 63.9 Å². The van der Waals surface area contributed by atoms with E-state index >= 15 is 0 Å². The largest absolute Gasteiger partial charge is 0.351 e. The molecule has 6 heteroatoms. The number of hydrogen-bond donors (Lipinski definition) is 2. The molecule has 0 radical (unpaired) electrons. The maximum absolute atomic E-state index is 13.3. The Hall–Kier alpha value is -3.15.